The summed E-state index contributed by atoms with van der Waals surface area (Å²) in [7, 11) is 0. The lowest BCUT2D eigenvalue weighted by Crippen LogP contribution is -2.41. The molecule has 0 radical (unpaired) electrons. The highest BCUT2D eigenvalue weighted by Crippen LogP contribution is 2.48. The van der Waals surface area contributed by atoms with Crippen LogP contribution < -0.4 is 20.7 Å². The zero-order valence-corrected chi connectivity index (χ0v) is 19.3. The molecule has 3 aliphatic heterocycles. The summed E-state index contributed by atoms with van der Waals surface area (Å²) in [4.78, 5) is 17.2. The Morgan fingerprint density at radius 3 is 2.75 bits per heavy atom. The number of aromatic nitrogens is 3. The number of ether oxygens (including phenoxy) is 2. The second-order valence-electron chi connectivity index (χ2n) is 9.82. The van der Waals surface area contributed by atoms with Crippen LogP contribution in [-0.2, 0) is 4.74 Å². The van der Waals surface area contributed by atoms with Crippen molar-refractivity contribution in [3.05, 3.63) is 18.5 Å². The van der Waals surface area contributed by atoms with E-state index in [1.54, 1.807) is 0 Å². The first-order valence-corrected chi connectivity index (χ1v) is 12.4. The molecule has 3 fully saturated rings. The Morgan fingerprint density at radius 1 is 1.19 bits per heavy atom. The normalized spacial score (nSPS) is 25.2. The highest BCUT2D eigenvalue weighted by atomic mass is 32.2. The molecule has 0 amide bonds. The van der Waals surface area contributed by atoms with Gasteiger partial charge in [0.25, 0.3) is 0 Å². The Hall–Kier alpha value is -2.26. The molecule has 0 unspecified atom stereocenters. The SMILES string of the molecule is C[C@H]1CC2(CCN(c3cnc(Sc4ccnc5c4OCCC4(CC4)N5)c(N)n3)CC2)CO1. The van der Waals surface area contributed by atoms with Crippen LogP contribution in [0.2, 0.25) is 0 Å². The van der Waals surface area contributed by atoms with E-state index < -0.39 is 0 Å². The average Bonchev–Trinajstić information content (AvgIpc) is 3.50. The van der Waals surface area contributed by atoms with Gasteiger partial charge in [-0.25, -0.2) is 15.0 Å². The standard InChI is InChI=1S/C23H30N6O2S/c1-15-12-22(14-31-15)5-9-29(10-6-22)17-13-26-21(19(24)27-17)32-16-2-8-25-20-18(16)30-11-7-23(28-20)3-4-23/h2,8,13,15H,3-7,9-12,14H2,1H3,(H2,24,27)(H,25,28)/t15-/m0/s1. The first kappa shape index (κ1) is 20.4. The first-order chi connectivity index (χ1) is 15.5. The first-order valence-electron chi connectivity index (χ1n) is 11.6. The summed E-state index contributed by atoms with van der Waals surface area (Å²) >= 11 is 1.49. The van der Waals surface area contributed by atoms with E-state index in [9.17, 15) is 0 Å². The second kappa shape index (κ2) is 7.66. The number of nitrogens with one attached hydrogen (secondary N) is 1. The van der Waals surface area contributed by atoms with Crippen molar-refractivity contribution in [2.75, 3.05) is 42.3 Å². The fraction of sp³-hybridized carbons (Fsp3) is 0.609. The minimum atomic E-state index is 0.178. The van der Waals surface area contributed by atoms with Gasteiger partial charge in [-0.2, -0.15) is 0 Å². The number of rotatable bonds is 3. The van der Waals surface area contributed by atoms with Gasteiger partial charge in [0.05, 0.1) is 30.4 Å². The van der Waals surface area contributed by atoms with Crippen molar-refractivity contribution < 1.29 is 9.47 Å². The van der Waals surface area contributed by atoms with Gasteiger partial charge in [0.15, 0.2) is 17.4 Å². The van der Waals surface area contributed by atoms with E-state index in [1.165, 1.54) is 31.0 Å². The van der Waals surface area contributed by atoms with Crippen molar-refractivity contribution >= 4 is 29.2 Å². The van der Waals surface area contributed by atoms with Crippen LogP contribution in [0.25, 0.3) is 0 Å². The fourth-order valence-electron chi connectivity index (χ4n) is 5.25. The second-order valence-corrected chi connectivity index (χ2v) is 10.9. The summed E-state index contributed by atoms with van der Waals surface area (Å²) < 4.78 is 11.9. The van der Waals surface area contributed by atoms with Gasteiger partial charge in [0, 0.05) is 31.2 Å². The molecule has 2 spiro atoms. The maximum Gasteiger partial charge on any atom is 0.175 e. The molecule has 4 aliphatic rings. The Balaban J connectivity index is 1.17. The molecule has 1 saturated carbocycles. The van der Waals surface area contributed by atoms with E-state index >= 15 is 0 Å². The maximum absolute atomic E-state index is 6.36. The summed E-state index contributed by atoms with van der Waals surface area (Å²) in [5.74, 6) is 2.92. The van der Waals surface area contributed by atoms with Crippen molar-refractivity contribution in [3.8, 4) is 5.75 Å². The van der Waals surface area contributed by atoms with Gasteiger partial charge in [0.2, 0.25) is 0 Å². The van der Waals surface area contributed by atoms with Crippen molar-refractivity contribution in [3.63, 3.8) is 0 Å². The summed E-state index contributed by atoms with van der Waals surface area (Å²) in [5.41, 5.74) is 6.88. The van der Waals surface area contributed by atoms with Crippen LogP contribution >= 0.6 is 11.8 Å². The van der Waals surface area contributed by atoms with Crippen molar-refractivity contribution in [1.82, 2.24) is 15.0 Å². The third-order valence-corrected chi connectivity index (χ3v) is 8.48. The van der Waals surface area contributed by atoms with Crippen LogP contribution in [0.3, 0.4) is 0 Å². The van der Waals surface area contributed by atoms with Crippen LogP contribution in [0.5, 0.6) is 5.75 Å². The smallest absolute Gasteiger partial charge is 0.175 e. The van der Waals surface area contributed by atoms with Crippen LogP contribution in [0.1, 0.15) is 45.4 Å². The molecule has 2 aromatic heterocycles. The van der Waals surface area contributed by atoms with Gasteiger partial charge in [0.1, 0.15) is 10.8 Å². The van der Waals surface area contributed by atoms with Crippen molar-refractivity contribution in [2.45, 2.75) is 67.0 Å². The number of nitrogen functional groups attached to an aromatic ring is 1. The van der Waals surface area contributed by atoms with E-state index in [0.717, 1.165) is 61.2 Å². The third kappa shape index (κ3) is 3.75. The van der Waals surface area contributed by atoms with E-state index in [1.807, 2.05) is 18.5 Å². The molecule has 0 aromatic carbocycles. The monoisotopic (exact) mass is 454 g/mol. The number of anilines is 3. The van der Waals surface area contributed by atoms with Crippen LogP contribution in [-0.4, -0.2) is 52.9 Å². The molecular formula is C23H30N6O2S. The van der Waals surface area contributed by atoms with Crippen LogP contribution in [0.4, 0.5) is 17.5 Å². The maximum atomic E-state index is 6.36. The lowest BCUT2D eigenvalue weighted by Gasteiger charge is -2.38. The Morgan fingerprint density at radius 2 is 2.03 bits per heavy atom. The molecule has 0 bridgehead atoms. The zero-order valence-electron chi connectivity index (χ0n) is 18.5. The van der Waals surface area contributed by atoms with Gasteiger partial charge in [-0.15, -0.1) is 0 Å². The molecule has 5 heterocycles. The Bertz CT molecular complexity index is 1020. The molecule has 2 aromatic rings. The molecule has 32 heavy (non-hydrogen) atoms. The molecule has 1 aliphatic carbocycles. The molecule has 8 nitrogen and oxygen atoms in total. The van der Waals surface area contributed by atoms with E-state index in [0.29, 0.717) is 29.0 Å². The van der Waals surface area contributed by atoms with E-state index in [4.69, 9.17) is 20.2 Å². The molecule has 3 N–H and O–H groups in total. The quantitative estimate of drug-likeness (QED) is 0.719. The molecule has 9 heteroatoms. The Labute approximate surface area is 192 Å². The highest BCUT2D eigenvalue weighted by molar-refractivity contribution is 7.99. The van der Waals surface area contributed by atoms with Crippen LogP contribution in [0.15, 0.2) is 28.4 Å². The minimum absolute atomic E-state index is 0.178. The number of fused-ring (bicyclic) bond motifs is 1. The predicted octanol–water partition coefficient (Wildman–Crippen LogP) is 3.73. The molecule has 6 rings (SSSR count). The topological polar surface area (TPSA) is 98.4 Å². The van der Waals surface area contributed by atoms with Gasteiger partial charge in [-0.05, 0) is 50.5 Å². The molecule has 1 atom stereocenters. The van der Waals surface area contributed by atoms with Crippen molar-refractivity contribution in [2.24, 2.45) is 5.41 Å². The predicted molar refractivity (Wildman–Crippen MR) is 124 cm³/mol. The van der Waals surface area contributed by atoms with Gasteiger partial charge in [-0.1, -0.05) is 11.8 Å². The van der Waals surface area contributed by atoms with Gasteiger partial charge in [-0.3, -0.25) is 0 Å². The summed E-state index contributed by atoms with van der Waals surface area (Å²) in [6, 6.07) is 1.96. The fourth-order valence-corrected chi connectivity index (χ4v) is 6.09. The Kier molecular flexibility index (Phi) is 4.87. The number of piperidine rings is 1. The zero-order chi connectivity index (χ0) is 21.8. The average molecular weight is 455 g/mol. The third-order valence-electron chi connectivity index (χ3n) is 7.43. The summed E-state index contributed by atoms with van der Waals surface area (Å²) in [5, 5.41) is 4.29. The number of nitrogens with zero attached hydrogens (tertiary/aromatic N) is 4. The molecular weight excluding hydrogens is 424 g/mol. The number of pyridine rings is 1. The van der Waals surface area contributed by atoms with Crippen molar-refractivity contribution in [1.29, 1.82) is 0 Å². The highest BCUT2D eigenvalue weighted by Gasteiger charge is 2.45. The minimum Gasteiger partial charge on any atom is -0.488 e. The largest absolute Gasteiger partial charge is 0.488 e. The summed E-state index contributed by atoms with van der Waals surface area (Å²) in [6.45, 7) is 5.70. The van der Waals surface area contributed by atoms with Gasteiger partial charge < -0.3 is 25.4 Å². The van der Waals surface area contributed by atoms with E-state index in [-0.39, 0.29) is 5.54 Å². The number of hydrogen-bond donors (Lipinski definition) is 2. The van der Waals surface area contributed by atoms with E-state index in [2.05, 4.69) is 27.1 Å². The lowest BCUT2D eigenvalue weighted by atomic mass is 9.77. The lowest BCUT2D eigenvalue weighted by molar-refractivity contribution is 0.0976. The number of hydrogen-bond acceptors (Lipinski definition) is 9. The molecule has 2 saturated heterocycles. The number of nitrogens with two attached hydrogens (primary N) is 1. The summed E-state index contributed by atoms with van der Waals surface area (Å²) in [6.07, 6.45) is 10.8. The van der Waals surface area contributed by atoms with Gasteiger partial charge >= 0.3 is 0 Å². The van der Waals surface area contributed by atoms with Crippen LogP contribution in [0, 0.1) is 5.41 Å². The molecule has 170 valence electrons.